The summed E-state index contributed by atoms with van der Waals surface area (Å²) in [5, 5.41) is 20.8. The second-order valence-corrected chi connectivity index (χ2v) is 6.92. The minimum Gasteiger partial charge on any atom is -0.479 e. The minimum absolute atomic E-state index is 0.301. The fraction of sp³-hybridized carbons (Fsp3) is 0.190. The number of aliphatic hydroxyl groups is 1. The summed E-state index contributed by atoms with van der Waals surface area (Å²) in [6.45, 7) is -1.37. The van der Waals surface area contributed by atoms with Crippen molar-refractivity contribution in [1.29, 1.82) is 0 Å². The number of aromatic nitrogens is 1. The van der Waals surface area contributed by atoms with Gasteiger partial charge in [-0.2, -0.15) is 18.3 Å². The number of carbonyl (C=O) groups is 2. The molecule has 0 fully saturated rings. The van der Waals surface area contributed by atoms with E-state index in [9.17, 15) is 32.7 Å². The van der Waals surface area contributed by atoms with Gasteiger partial charge in [0.05, 0.1) is 24.7 Å². The number of hydrazine groups is 1. The third kappa shape index (κ3) is 5.87. The maximum absolute atomic E-state index is 13.8. The van der Waals surface area contributed by atoms with Crippen LogP contribution in [0, 0.1) is 0 Å². The van der Waals surface area contributed by atoms with Gasteiger partial charge in [0.2, 0.25) is 5.76 Å². The fourth-order valence-corrected chi connectivity index (χ4v) is 2.96. The summed E-state index contributed by atoms with van der Waals surface area (Å²) in [6.07, 6.45) is -6.71. The molecule has 3 rings (SSSR count). The summed E-state index contributed by atoms with van der Waals surface area (Å²) in [5.41, 5.74) is 1.06. The molecule has 33 heavy (non-hydrogen) atoms. The highest BCUT2D eigenvalue weighted by molar-refractivity contribution is 5.91. The number of H-pyrrole nitrogens is 1. The van der Waals surface area contributed by atoms with E-state index in [1.807, 2.05) is 5.16 Å². The number of halogens is 3. The van der Waals surface area contributed by atoms with Crippen LogP contribution in [0.5, 0.6) is 0 Å². The van der Waals surface area contributed by atoms with Crippen LogP contribution in [-0.2, 0) is 17.5 Å². The van der Waals surface area contributed by atoms with Gasteiger partial charge in [-0.1, -0.05) is 42.5 Å². The first kappa shape index (κ1) is 23.8. The highest BCUT2D eigenvalue weighted by Crippen LogP contribution is 2.35. The SMILES string of the molecule is O=C(O)C(O)CNN(Cc1ccc(-c2ccccc2)cc1C(F)(F)F)C(=O)c1cc(=O)[nH]o1. The lowest BCUT2D eigenvalue weighted by molar-refractivity contribution is -0.146. The van der Waals surface area contributed by atoms with Gasteiger partial charge in [-0.25, -0.2) is 10.2 Å². The Morgan fingerprint density at radius 3 is 2.36 bits per heavy atom. The number of nitrogens with one attached hydrogen (secondary N) is 2. The Balaban J connectivity index is 1.97. The van der Waals surface area contributed by atoms with Gasteiger partial charge in [0.15, 0.2) is 6.10 Å². The molecule has 4 N–H and O–H groups in total. The summed E-state index contributed by atoms with van der Waals surface area (Å²) in [7, 11) is 0. The molecule has 9 nitrogen and oxygen atoms in total. The van der Waals surface area contributed by atoms with Crippen LogP contribution in [0.15, 0.2) is 63.9 Å². The van der Waals surface area contributed by atoms with Crippen LogP contribution in [0.25, 0.3) is 11.1 Å². The van der Waals surface area contributed by atoms with Gasteiger partial charge in [0.25, 0.3) is 5.56 Å². The zero-order valence-electron chi connectivity index (χ0n) is 16.8. The normalized spacial score (nSPS) is 12.4. The molecule has 0 saturated heterocycles. The zero-order chi connectivity index (χ0) is 24.2. The number of nitrogens with zero attached hydrogens (tertiary/aromatic N) is 1. The van der Waals surface area contributed by atoms with E-state index in [1.54, 1.807) is 30.3 Å². The number of aromatic amines is 1. The number of carboxylic acids is 1. The van der Waals surface area contributed by atoms with Crippen LogP contribution in [-0.4, -0.2) is 44.9 Å². The molecule has 0 saturated carbocycles. The molecule has 0 spiro atoms. The lowest BCUT2D eigenvalue weighted by Crippen LogP contribution is -2.47. The van der Waals surface area contributed by atoms with Gasteiger partial charge in [-0.15, -0.1) is 0 Å². The molecule has 0 aliphatic rings. The molecule has 0 radical (unpaired) electrons. The molecule has 1 aromatic heterocycles. The summed E-state index contributed by atoms with van der Waals surface area (Å²) in [4.78, 5) is 34.8. The molecule has 0 bridgehead atoms. The summed E-state index contributed by atoms with van der Waals surface area (Å²) >= 11 is 0. The Hall–Kier alpha value is -3.90. The minimum atomic E-state index is -4.77. The molecule has 174 valence electrons. The predicted molar refractivity (Wildman–Crippen MR) is 108 cm³/mol. The molecule has 1 unspecified atom stereocenters. The first-order chi connectivity index (χ1) is 15.6. The van der Waals surface area contributed by atoms with Gasteiger partial charge < -0.3 is 14.7 Å². The first-order valence-electron chi connectivity index (χ1n) is 9.46. The number of hydrogen-bond donors (Lipinski definition) is 4. The standard InChI is InChI=1S/C21H18F3N3O6/c22-21(23,24)15-8-13(12-4-2-1-3-5-12)6-7-14(15)11-27(25-10-16(28)20(31)32)19(30)17-9-18(29)26-33-17/h1-9,16,25,28H,10-11H2,(H,26,29)(H,31,32). The monoisotopic (exact) mass is 465 g/mol. The van der Waals surface area contributed by atoms with Crippen molar-refractivity contribution in [1.82, 2.24) is 15.6 Å². The molecule has 3 aromatic rings. The highest BCUT2D eigenvalue weighted by atomic mass is 19.4. The van der Waals surface area contributed by atoms with Crippen molar-refractivity contribution in [3.63, 3.8) is 0 Å². The number of rotatable bonds is 8. The second-order valence-electron chi connectivity index (χ2n) is 6.92. The molecule has 1 atom stereocenters. The Morgan fingerprint density at radius 1 is 1.09 bits per heavy atom. The lowest BCUT2D eigenvalue weighted by Gasteiger charge is -2.25. The van der Waals surface area contributed by atoms with Crippen LogP contribution < -0.4 is 11.0 Å². The van der Waals surface area contributed by atoms with E-state index in [0.717, 1.165) is 12.1 Å². The van der Waals surface area contributed by atoms with Gasteiger partial charge in [0.1, 0.15) is 0 Å². The van der Waals surface area contributed by atoms with Crippen molar-refractivity contribution in [2.45, 2.75) is 18.8 Å². The van der Waals surface area contributed by atoms with Crippen molar-refractivity contribution in [2.24, 2.45) is 0 Å². The molecule has 0 aliphatic carbocycles. The van der Waals surface area contributed by atoms with Crippen molar-refractivity contribution in [3.05, 3.63) is 81.8 Å². The lowest BCUT2D eigenvalue weighted by atomic mass is 9.98. The summed E-state index contributed by atoms with van der Waals surface area (Å²) in [5.74, 6) is -3.18. The zero-order valence-corrected chi connectivity index (χ0v) is 16.8. The number of aliphatic carboxylic acids is 1. The quantitative estimate of drug-likeness (QED) is 0.375. The van der Waals surface area contributed by atoms with Gasteiger partial charge >= 0.3 is 18.1 Å². The number of alkyl halides is 3. The molecule has 1 heterocycles. The smallest absolute Gasteiger partial charge is 0.416 e. The number of hydrogen-bond acceptors (Lipinski definition) is 6. The fourth-order valence-electron chi connectivity index (χ4n) is 2.96. The van der Waals surface area contributed by atoms with Crippen molar-refractivity contribution in [2.75, 3.05) is 6.54 Å². The van der Waals surface area contributed by atoms with E-state index in [2.05, 4.69) is 5.43 Å². The van der Waals surface area contributed by atoms with Gasteiger partial charge in [-0.05, 0) is 22.8 Å². The average Bonchev–Trinajstić information content (AvgIpc) is 3.22. The Labute approximate surface area is 184 Å². The predicted octanol–water partition coefficient (Wildman–Crippen LogP) is 2.25. The van der Waals surface area contributed by atoms with E-state index >= 15 is 0 Å². The van der Waals surface area contributed by atoms with Crippen molar-refractivity contribution >= 4 is 11.9 Å². The van der Waals surface area contributed by atoms with Crippen LogP contribution in [0.1, 0.15) is 21.7 Å². The Kier molecular flexibility index (Phi) is 6.99. The van der Waals surface area contributed by atoms with Crippen molar-refractivity contribution < 1.29 is 37.5 Å². The Morgan fingerprint density at radius 2 is 1.79 bits per heavy atom. The number of carbonyl (C=O) groups excluding carboxylic acids is 1. The third-order valence-electron chi connectivity index (χ3n) is 4.59. The average molecular weight is 465 g/mol. The second kappa shape index (κ2) is 9.71. The van der Waals surface area contributed by atoms with Gasteiger partial charge in [0, 0.05) is 0 Å². The largest absolute Gasteiger partial charge is 0.479 e. The van der Waals surface area contributed by atoms with E-state index in [4.69, 9.17) is 9.63 Å². The number of amides is 1. The topological polar surface area (TPSA) is 136 Å². The van der Waals surface area contributed by atoms with E-state index in [-0.39, 0.29) is 5.56 Å². The van der Waals surface area contributed by atoms with Crippen molar-refractivity contribution in [3.8, 4) is 11.1 Å². The summed E-state index contributed by atoms with van der Waals surface area (Å²) < 4.78 is 46.2. The molecule has 0 aliphatic heterocycles. The van der Waals surface area contributed by atoms with Crippen LogP contribution in [0.4, 0.5) is 13.2 Å². The maximum atomic E-state index is 13.8. The number of benzene rings is 2. The summed E-state index contributed by atoms with van der Waals surface area (Å²) in [6, 6.07) is 12.7. The highest BCUT2D eigenvalue weighted by Gasteiger charge is 2.35. The molecule has 12 heteroatoms. The molecule has 2 aromatic carbocycles. The van der Waals surface area contributed by atoms with Gasteiger partial charge in [-0.3, -0.25) is 14.6 Å². The van der Waals surface area contributed by atoms with Crippen LogP contribution >= 0.6 is 0 Å². The first-order valence-corrected chi connectivity index (χ1v) is 9.46. The maximum Gasteiger partial charge on any atom is 0.416 e. The Bertz CT molecular complexity index is 1190. The van der Waals surface area contributed by atoms with Crippen LogP contribution in [0.2, 0.25) is 0 Å². The molecule has 1 amide bonds. The number of aliphatic hydroxyl groups excluding tert-OH is 1. The van der Waals surface area contributed by atoms with Crippen LogP contribution in [0.3, 0.4) is 0 Å². The molecular weight excluding hydrogens is 447 g/mol. The van der Waals surface area contributed by atoms with E-state index in [1.165, 1.54) is 12.1 Å². The van der Waals surface area contributed by atoms with E-state index in [0.29, 0.717) is 16.1 Å². The molecular formula is C21H18F3N3O6. The third-order valence-corrected chi connectivity index (χ3v) is 4.59. The van der Waals surface area contributed by atoms with E-state index < -0.39 is 54.1 Å². The number of carboxylic acid groups (broad SMARTS) is 1.